The van der Waals surface area contributed by atoms with Crippen molar-refractivity contribution in [3.05, 3.63) is 40.1 Å². The molecule has 0 spiro atoms. The van der Waals surface area contributed by atoms with Crippen LogP contribution in [-0.2, 0) is 14.8 Å². The molecular weight excluding hydrogens is 364 g/mol. The van der Waals surface area contributed by atoms with Gasteiger partial charge in [0, 0.05) is 29.7 Å². The van der Waals surface area contributed by atoms with Crippen LogP contribution >= 0.6 is 11.3 Å². The Kier molecular flexibility index (Phi) is 5.09. The highest BCUT2D eigenvalue weighted by Crippen LogP contribution is 2.29. The first kappa shape index (κ1) is 17.9. The van der Waals surface area contributed by atoms with Crippen LogP contribution in [0, 0.1) is 6.92 Å². The van der Waals surface area contributed by atoms with Gasteiger partial charge < -0.3 is 15.2 Å². The van der Waals surface area contributed by atoms with E-state index in [1.54, 1.807) is 19.1 Å². The second kappa shape index (κ2) is 7.12. The monoisotopic (exact) mass is 382 g/mol. The van der Waals surface area contributed by atoms with Gasteiger partial charge in [-0.2, -0.15) is 4.31 Å². The van der Waals surface area contributed by atoms with Crippen molar-refractivity contribution in [2.24, 2.45) is 0 Å². The Hall–Kier alpha value is -1.94. The third-order valence-electron chi connectivity index (χ3n) is 3.79. The lowest BCUT2D eigenvalue weighted by molar-refractivity contribution is 0.0730. The van der Waals surface area contributed by atoms with Crippen molar-refractivity contribution in [3.63, 3.8) is 0 Å². The molecule has 0 bridgehead atoms. The average molecular weight is 382 g/mol. The summed E-state index contributed by atoms with van der Waals surface area (Å²) in [5, 5.41) is 12.1. The molecule has 25 heavy (non-hydrogen) atoms. The van der Waals surface area contributed by atoms with E-state index in [4.69, 9.17) is 4.74 Å². The second-order valence-electron chi connectivity index (χ2n) is 5.55. The number of phenolic OH excluding ortho intramolecular Hbond substituents is 1. The van der Waals surface area contributed by atoms with E-state index in [0.717, 1.165) is 11.3 Å². The molecule has 1 saturated heterocycles. The summed E-state index contributed by atoms with van der Waals surface area (Å²) in [6.07, 6.45) is 0. The number of morpholine rings is 1. The van der Waals surface area contributed by atoms with Gasteiger partial charge in [0.2, 0.25) is 10.0 Å². The molecule has 0 saturated carbocycles. The number of hydrogen-bond donors (Lipinski definition) is 2. The number of phenols is 1. The zero-order valence-corrected chi connectivity index (χ0v) is 15.2. The number of thiophene rings is 1. The maximum Gasteiger partial charge on any atom is 0.265 e. The van der Waals surface area contributed by atoms with Gasteiger partial charge in [-0.3, -0.25) is 4.79 Å². The molecule has 0 radical (unpaired) electrons. The summed E-state index contributed by atoms with van der Waals surface area (Å²) in [5.74, 6) is -0.377. The molecule has 2 heterocycles. The number of benzene rings is 1. The topological polar surface area (TPSA) is 95.9 Å². The number of nitrogens with one attached hydrogen (secondary N) is 1. The third-order valence-corrected chi connectivity index (χ3v) is 6.99. The average Bonchev–Trinajstić information content (AvgIpc) is 2.98. The summed E-state index contributed by atoms with van der Waals surface area (Å²) < 4.78 is 32.1. The lowest BCUT2D eigenvalue weighted by atomic mass is 10.3. The Morgan fingerprint density at radius 3 is 2.68 bits per heavy atom. The van der Waals surface area contributed by atoms with Gasteiger partial charge in [0.1, 0.15) is 5.75 Å². The van der Waals surface area contributed by atoms with Crippen LogP contribution in [0.25, 0.3) is 0 Å². The van der Waals surface area contributed by atoms with Gasteiger partial charge in [0.15, 0.2) is 0 Å². The molecule has 3 rings (SSSR count). The molecule has 1 amide bonds. The minimum absolute atomic E-state index is 0.0377. The van der Waals surface area contributed by atoms with E-state index in [1.165, 1.54) is 22.5 Å². The Morgan fingerprint density at radius 2 is 2.00 bits per heavy atom. The highest BCUT2D eigenvalue weighted by atomic mass is 32.2. The van der Waals surface area contributed by atoms with Crippen molar-refractivity contribution in [3.8, 4) is 5.75 Å². The zero-order valence-electron chi connectivity index (χ0n) is 13.6. The van der Waals surface area contributed by atoms with Crippen LogP contribution in [0.1, 0.15) is 14.5 Å². The lowest BCUT2D eigenvalue weighted by Crippen LogP contribution is -2.40. The predicted octanol–water partition coefficient (Wildman–Crippen LogP) is 2.04. The number of carbonyl (C=O) groups is 1. The molecule has 0 aliphatic carbocycles. The van der Waals surface area contributed by atoms with Crippen molar-refractivity contribution in [2.75, 3.05) is 31.6 Å². The molecule has 2 aromatic rings. The number of carbonyl (C=O) groups excluding carboxylic acids is 1. The van der Waals surface area contributed by atoms with Crippen molar-refractivity contribution in [2.45, 2.75) is 11.8 Å². The summed E-state index contributed by atoms with van der Waals surface area (Å²) in [6, 6.07) is 7.58. The molecule has 1 aromatic carbocycles. The Labute approximate surface area is 149 Å². The lowest BCUT2D eigenvalue weighted by Gasteiger charge is -2.25. The summed E-state index contributed by atoms with van der Waals surface area (Å²) >= 11 is 1.13. The Bertz CT molecular complexity index is 886. The van der Waals surface area contributed by atoms with E-state index in [9.17, 15) is 18.3 Å². The number of amides is 1. The van der Waals surface area contributed by atoms with Gasteiger partial charge in [-0.05, 0) is 25.1 Å². The molecule has 0 unspecified atom stereocenters. The standard InChI is InChI=1S/C16H18N2O5S2/c1-11-15(25(21,22)18-5-7-23-8-6-18)10-14(24-11)16(20)17-12-3-2-4-13(19)9-12/h2-4,9-10,19H,5-8H2,1H3,(H,17,20). The fourth-order valence-electron chi connectivity index (χ4n) is 2.54. The summed E-state index contributed by atoms with van der Waals surface area (Å²) in [4.78, 5) is 13.4. The van der Waals surface area contributed by atoms with E-state index in [0.29, 0.717) is 41.7 Å². The zero-order chi connectivity index (χ0) is 18.0. The van der Waals surface area contributed by atoms with Crippen molar-refractivity contribution >= 4 is 33.0 Å². The van der Waals surface area contributed by atoms with E-state index in [1.807, 2.05) is 0 Å². The molecule has 2 N–H and O–H groups in total. The summed E-state index contributed by atoms with van der Waals surface area (Å²) in [6.45, 7) is 3.04. The van der Waals surface area contributed by atoms with E-state index < -0.39 is 15.9 Å². The van der Waals surface area contributed by atoms with Crippen LogP contribution in [0.5, 0.6) is 5.75 Å². The summed E-state index contributed by atoms with van der Waals surface area (Å²) in [5.41, 5.74) is 0.439. The molecule has 7 nitrogen and oxygen atoms in total. The van der Waals surface area contributed by atoms with Crippen molar-refractivity contribution in [1.29, 1.82) is 0 Å². The Morgan fingerprint density at radius 1 is 1.28 bits per heavy atom. The molecule has 134 valence electrons. The number of hydrogen-bond acceptors (Lipinski definition) is 6. The fraction of sp³-hybridized carbons (Fsp3) is 0.312. The first-order valence-electron chi connectivity index (χ1n) is 7.66. The summed E-state index contributed by atoms with van der Waals surface area (Å²) in [7, 11) is -3.64. The molecule has 1 aromatic heterocycles. The fourth-order valence-corrected chi connectivity index (χ4v) is 5.40. The molecule has 1 fully saturated rings. The van der Waals surface area contributed by atoms with Gasteiger partial charge in [-0.15, -0.1) is 11.3 Å². The van der Waals surface area contributed by atoms with Crippen molar-refractivity contribution in [1.82, 2.24) is 4.31 Å². The van der Waals surface area contributed by atoms with Crippen LogP contribution in [0.4, 0.5) is 5.69 Å². The molecule has 0 atom stereocenters. The van der Waals surface area contributed by atoms with Gasteiger partial charge >= 0.3 is 0 Å². The Balaban J connectivity index is 1.83. The van der Waals surface area contributed by atoms with E-state index >= 15 is 0 Å². The minimum atomic E-state index is -3.64. The molecule has 1 aliphatic rings. The van der Waals surface area contributed by atoms with Crippen LogP contribution in [-0.4, -0.2) is 50.0 Å². The predicted molar refractivity (Wildman–Crippen MR) is 94.7 cm³/mol. The van der Waals surface area contributed by atoms with Crippen LogP contribution in [0.15, 0.2) is 35.2 Å². The first-order valence-corrected chi connectivity index (χ1v) is 9.92. The maximum absolute atomic E-state index is 12.8. The smallest absolute Gasteiger partial charge is 0.265 e. The number of sulfonamides is 1. The first-order chi connectivity index (χ1) is 11.9. The van der Waals surface area contributed by atoms with Gasteiger partial charge in [0.05, 0.1) is 23.0 Å². The van der Waals surface area contributed by atoms with Crippen molar-refractivity contribution < 1.29 is 23.1 Å². The van der Waals surface area contributed by atoms with E-state index in [-0.39, 0.29) is 10.6 Å². The van der Waals surface area contributed by atoms with Gasteiger partial charge in [-0.25, -0.2) is 8.42 Å². The molecule has 9 heteroatoms. The number of rotatable bonds is 4. The number of nitrogens with zero attached hydrogens (tertiary/aromatic N) is 1. The highest BCUT2D eigenvalue weighted by molar-refractivity contribution is 7.89. The molecular formula is C16H18N2O5S2. The normalized spacial score (nSPS) is 15.9. The van der Waals surface area contributed by atoms with Gasteiger partial charge in [0.25, 0.3) is 5.91 Å². The second-order valence-corrected chi connectivity index (χ2v) is 8.71. The van der Waals surface area contributed by atoms with Crippen LogP contribution in [0.2, 0.25) is 0 Å². The minimum Gasteiger partial charge on any atom is -0.508 e. The number of anilines is 1. The van der Waals surface area contributed by atoms with E-state index in [2.05, 4.69) is 5.32 Å². The largest absolute Gasteiger partial charge is 0.508 e. The molecule has 1 aliphatic heterocycles. The maximum atomic E-state index is 12.8. The van der Waals surface area contributed by atoms with Crippen LogP contribution < -0.4 is 5.32 Å². The number of aromatic hydroxyl groups is 1. The number of ether oxygens (including phenoxy) is 1. The number of aryl methyl sites for hydroxylation is 1. The van der Waals surface area contributed by atoms with Gasteiger partial charge in [-0.1, -0.05) is 6.07 Å². The van der Waals surface area contributed by atoms with Crippen LogP contribution in [0.3, 0.4) is 0 Å². The SMILES string of the molecule is Cc1sc(C(=O)Nc2cccc(O)c2)cc1S(=O)(=O)N1CCOCC1. The quantitative estimate of drug-likeness (QED) is 0.844. The third kappa shape index (κ3) is 3.84. The highest BCUT2D eigenvalue weighted by Gasteiger charge is 2.30.